The summed E-state index contributed by atoms with van der Waals surface area (Å²) < 4.78 is 1.51. The predicted molar refractivity (Wildman–Crippen MR) is 85.6 cm³/mol. The summed E-state index contributed by atoms with van der Waals surface area (Å²) in [5.41, 5.74) is 1.94. The molecule has 0 atom stereocenters. The molecule has 0 aliphatic heterocycles. The molecule has 3 aromatic rings. The summed E-state index contributed by atoms with van der Waals surface area (Å²) in [6.07, 6.45) is 1.45. The minimum Gasteiger partial charge on any atom is -0.389 e. The molecule has 9 nitrogen and oxygen atoms in total. The quantitative estimate of drug-likeness (QED) is 0.383. The average Bonchev–Trinajstić information content (AvgIpc) is 3.22. The summed E-state index contributed by atoms with van der Waals surface area (Å²) >= 11 is 1.22. The third-order valence-electron chi connectivity index (χ3n) is 2.93. The minimum atomic E-state index is 0.131. The predicted octanol–water partition coefficient (Wildman–Crippen LogP) is 1.60. The Morgan fingerprint density at radius 1 is 1.38 bits per heavy atom. The van der Waals surface area contributed by atoms with E-state index in [4.69, 9.17) is 4.84 Å². The second kappa shape index (κ2) is 7.36. The Kier molecular flexibility index (Phi) is 4.80. The van der Waals surface area contributed by atoms with E-state index in [1.165, 1.54) is 22.1 Å². The lowest BCUT2D eigenvalue weighted by molar-refractivity contribution is 0.128. The lowest BCUT2D eigenvalue weighted by Gasteiger charge is -2.05. The van der Waals surface area contributed by atoms with Crippen molar-refractivity contribution in [2.45, 2.75) is 6.61 Å². The van der Waals surface area contributed by atoms with Gasteiger partial charge in [-0.15, -0.1) is 21.4 Å². The number of rotatable bonds is 6. The van der Waals surface area contributed by atoms with Crippen LogP contribution in [0.25, 0.3) is 0 Å². The second-order valence-electron chi connectivity index (χ2n) is 4.53. The highest BCUT2D eigenvalue weighted by atomic mass is 32.1. The number of isocyanates is 1. The molecular weight excluding hydrogens is 330 g/mol. The standard InChI is InChI=1S/C14H11N7O2S/c1-21-13(17-19-20-21)12(10-5-3-2-4-6-10)18-23-7-11-8-24-14(16-11)15-9-22/h2-6,8H,7H2,1H3. The van der Waals surface area contributed by atoms with Crippen LogP contribution in [0.2, 0.25) is 0 Å². The number of aromatic nitrogens is 5. The van der Waals surface area contributed by atoms with E-state index in [1.54, 1.807) is 12.4 Å². The third kappa shape index (κ3) is 3.57. The zero-order chi connectivity index (χ0) is 16.8. The highest BCUT2D eigenvalue weighted by Crippen LogP contribution is 2.18. The maximum Gasteiger partial charge on any atom is 0.242 e. The number of nitrogens with zero attached hydrogens (tertiary/aromatic N) is 7. The molecule has 0 fully saturated rings. The van der Waals surface area contributed by atoms with Crippen molar-refractivity contribution < 1.29 is 9.63 Å². The van der Waals surface area contributed by atoms with Crippen LogP contribution < -0.4 is 0 Å². The molecule has 0 saturated carbocycles. The summed E-state index contributed by atoms with van der Waals surface area (Å²) in [4.78, 5) is 23.1. The summed E-state index contributed by atoms with van der Waals surface area (Å²) in [6, 6.07) is 9.45. The lowest BCUT2D eigenvalue weighted by atomic mass is 10.1. The molecule has 0 amide bonds. The van der Waals surface area contributed by atoms with Gasteiger partial charge in [-0.1, -0.05) is 35.5 Å². The number of aliphatic imine (C=N–C) groups is 1. The van der Waals surface area contributed by atoms with E-state index in [0.717, 1.165) is 5.56 Å². The Labute approximate surface area is 140 Å². The van der Waals surface area contributed by atoms with E-state index in [9.17, 15) is 4.79 Å². The average molecular weight is 341 g/mol. The summed E-state index contributed by atoms with van der Waals surface area (Å²) in [7, 11) is 1.72. The normalized spacial score (nSPS) is 11.1. The molecule has 3 rings (SSSR count). The first-order valence-electron chi connectivity index (χ1n) is 6.78. The number of aryl methyl sites for hydroxylation is 1. The van der Waals surface area contributed by atoms with Crippen molar-refractivity contribution >= 4 is 28.3 Å². The number of hydrogen-bond acceptors (Lipinski definition) is 9. The fourth-order valence-electron chi connectivity index (χ4n) is 1.86. The molecule has 0 radical (unpaired) electrons. The lowest BCUT2D eigenvalue weighted by Crippen LogP contribution is -2.12. The fourth-order valence-corrected chi connectivity index (χ4v) is 2.49. The number of hydrogen-bond donors (Lipinski definition) is 0. The van der Waals surface area contributed by atoms with Gasteiger partial charge in [0.25, 0.3) is 0 Å². The van der Waals surface area contributed by atoms with Gasteiger partial charge < -0.3 is 4.84 Å². The summed E-state index contributed by atoms with van der Waals surface area (Å²) in [5, 5.41) is 17.6. The summed E-state index contributed by atoms with van der Waals surface area (Å²) in [6.45, 7) is 0.131. The van der Waals surface area contributed by atoms with Crippen molar-refractivity contribution in [3.63, 3.8) is 0 Å². The van der Waals surface area contributed by atoms with Crippen LogP contribution in [0.4, 0.5) is 5.13 Å². The Hall–Kier alpha value is -3.23. The molecule has 24 heavy (non-hydrogen) atoms. The number of benzene rings is 1. The molecule has 120 valence electrons. The van der Waals surface area contributed by atoms with Gasteiger partial charge in [-0.25, -0.2) is 14.5 Å². The molecular formula is C14H11N7O2S. The molecule has 0 aliphatic carbocycles. The molecule has 2 aromatic heterocycles. The van der Waals surface area contributed by atoms with E-state index in [1.807, 2.05) is 30.3 Å². The van der Waals surface area contributed by atoms with Crippen LogP contribution in [-0.2, 0) is 23.3 Å². The molecule has 0 spiro atoms. The molecule has 1 aromatic carbocycles. The van der Waals surface area contributed by atoms with Crippen LogP contribution in [0.15, 0.2) is 45.9 Å². The van der Waals surface area contributed by atoms with E-state index in [2.05, 4.69) is 30.7 Å². The van der Waals surface area contributed by atoms with Crippen LogP contribution >= 0.6 is 11.3 Å². The number of thiazole rings is 1. The highest BCUT2D eigenvalue weighted by molar-refractivity contribution is 7.13. The number of tetrazole rings is 1. The van der Waals surface area contributed by atoms with Gasteiger partial charge in [0, 0.05) is 18.0 Å². The minimum absolute atomic E-state index is 0.131. The molecule has 0 bridgehead atoms. The molecule has 0 saturated heterocycles. The largest absolute Gasteiger partial charge is 0.389 e. The van der Waals surface area contributed by atoms with Crippen LogP contribution in [-0.4, -0.2) is 37.0 Å². The topological polar surface area (TPSA) is 108 Å². The highest BCUT2D eigenvalue weighted by Gasteiger charge is 2.14. The zero-order valence-electron chi connectivity index (χ0n) is 12.5. The van der Waals surface area contributed by atoms with Gasteiger partial charge in [-0.3, -0.25) is 0 Å². The van der Waals surface area contributed by atoms with Gasteiger partial charge >= 0.3 is 0 Å². The van der Waals surface area contributed by atoms with E-state index in [-0.39, 0.29) is 6.61 Å². The van der Waals surface area contributed by atoms with Crippen LogP contribution in [0.3, 0.4) is 0 Å². The van der Waals surface area contributed by atoms with Gasteiger partial charge in [-0.2, -0.15) is 0 Å². The Bertz CT molecular complexity index is 897. The second-order valence-corrected chi connectivity index (χ2v) is 5.37. The van der Waals surface area contributed by atoms with Gasteiger partial charge in [0.05, 0.1) is 5.69 Å². The molecule has 0 unspecified atom stereocenters. The zero-order valence-corrected chi connectivity index (χ0v) is 13.3. The van der Waals surface area contributed by atoms with Crippen LogP contribution in [0.1, 0.15) is 17.1 Å². The van der Waals surface area contributed by atoms with Crippen molar-refractivity contribution in [1.82, 2.24) is 25.2 Å². The molecule has 0 aliphatic rings. The molecule has 10 heteroatoms. The van der Waals surface area contributed by atoms with Crippen molar-refractivity contribution in [2.24, 2.45) is 17.2 Å². The summed E-state index contributed by atoms with van der Waals surface area (Å²) in [5.74, 6) is 0.478. The van der Waals surface area contributed by atoms with Crippen molar-refractivity contribution in [1.29, 1.82) is 0 Å². The Morgan fingerprint density at radius 2 is 2.21 bits per heavy atom. The Morgan fingerprint density at radius 3 is 2.92 bits per heavy atom. The maximum atomic E-state index is 10.2. The van der Waals surface area contributed by atoms with Crippen molar-refractivity contribution in [3.05, 3.63) is 52.8 Å². The van der Waals surface area contributed by atoms with Crippen molar-refractivity contribution in [2.75, 3.05) is 0 Å². The van der Waals surface area contributed by atoms with E-state index >= 15 is 0 Å². The van der Waals surface area contributed by atoms with Crippen LogP contribution in [0.5, 0.6) is 0 Å². The number of oxime groups is 1. The van der Waals surface area contributed by atoms with Gasteiger partial charge in [-0.05, 0) is 10.4 Å². The smallest absolute Gasteiger partial charge is 0.242 e. The molecule has 0 N–H and O–H groups in total. The van der Waals surface area contributed by atoms with E-state index < -0.39 is 0 Å². The molecule has 2 heterocycles. The van der Waals surface area contributed by atoms with Gasteiger partial charge in [0.1, 0.15) is 0 Å². The van der Waals surface area contributed by atoms with Crippen LogP contribution in [0, 0.1) is 0 Å². The first-order valence-corrected chi connectivity index (χ1v) is 7.66. The number of carbonyl (C=O) groups excluding carboxylic acids is 1. The van der Waals surface area contributed by atoms with Gasteiger partial charge in [0.2, 0.25) is 17.0 Å². The first kappa shape index (κ1) is 15.7. The van der Waals surface area contributed by atoms with E-state index in [0.29, 0.717) is 22.4 Å². The van der Waals surface area contributed by atoms with Crippen molar-refractivity contribution in [3.8, 4) is 0 Å². The SMILES string of the molecule is Cn1nnnc1C(=NOCc1csc(N=C=O)n1)c1ccccc1. The monoisotopic (exact) mass is 341 g/mol. The third-order valence-corrected chi connectivity index (χ3v) is 3.71. The first-order chi connectivity index (χ1) is 11.8. The Balaban J connectivity index is 1.81. The fraction of sp³-hybridized carbons (Fsp3) is 0.143. The van der Waals surface area contributed by atoms with Gasteiger partial charge in [0.15, 0.2) is 12.3 Å². The maximum absolute atomic E-state index is 10.2.